The SMILES string of the molecule is O=C(Cc1ccc(-c2ccccc2)cc1)NCCNC(=O)C1CC1. The van der Waals surface area contributed by atoms with Gasteiger partial charge in [-0.15, -0.1) is 0 Å². The number of hydrogen-bond acceptors (Lipinski definition) is 2. The minimum atomic E-state index is -0.0249. The van der Waals surface area contributed by atoms with Crippen molar-refractivity contribution in [2.45, 2.75) is 19.3 Å². The summed E-state index contributed by atoms with van der Waals surface area (Å²) >= 11 is 0. The van der Waals surface area contributed by atoms with Crippen LogP contribution < -0.4 is 10.6 Å². The van der Waals surface area contributed by atoms with Gasteiger partial charge < -0.3 is 10.6 Å². The van der Waals surface area contributed by atoms with Gasteiger partial charge in [-0.1, -0.05) is 54.6 Å². The van der Waals surface area contributed by atoms with E-state index in [0.29, 0.717) is 19.5 Å². The molecule has 24 heavy (non-hydrogen) atoms. The number of carbonyl (C=O) groups is 2. The first-order valence-electron chi connectivity index (χ1n) is 8.41. The fourth-order valence-corrected chi connectivity index (χ4v) is 2.57. The van der Waals surface area contributed by atoms with Gasteiger partial charge in [-0.3, -0.25) is 9.59 Å². The van der Waals surface area contributed by atoms with E-state index < -0.39 is 0 Å². The van der Waals surface area contributed by atoms with Crippen LogP contribution in [0.3, 0.4) is 0 Å². The highest BCUT2D eigenvalue weighted by atomic mass is 16.2. The van der Waals surface area contributed by atoms with Crippen molar-refractivity contribution in [3.63, 3.8) is 0 Å². The van der Waals surface area contributed by atoms with E-state index in [1.807, 2.05) is 42.5 Å². The normalized spacial score (nSPS) is 13.3. The van der Waals surface area contributed by atoms with Crippen LogP contribution >= 0.6 is 0 Å². The van der Waals surface area contributed by atoms with Crippen LogP contribution in [-0.4, -0.2) is 24.9 Å². The van der Waals surface area contributed by atoms with Crippen molar-refractivity contribution in [3.8, 4) is 11.1 Å². The summed E-state index contributed by atoms with van der Waals surface area (Å²) in [6, 6.07) is 18.2. The Hall–Kier alpha value is -2.62. The molecule has 0 aliphatic heterocycles. The highest BCUT2D eigenvalue weighted by Gasteiger charge is 2.28. The second-order valence-electron chi connectivity index (χ2n) is 6.15. The molecular formula is C20H22N2O2. The number of rotatable bonds is 7. The maximum absolute atomic E-state index is 11.9. The smallest absolute Gasteiger partial charge is 0.224 e. The molecule has 2 amide bonds. The average Bonchev–Trinajstić information content (AvgIpc) is 3.45. The van der Waals surface area contributed by atoms with Crippen LogP contribution in [0.25, 0.3) is 11.1 Å². The van der Waals surface area contributed by atoms with Gasteiger partial charge in [-0.2, -0.15) is 0 Å². The molecule has 2 aromatic carbocycles. The van der Waals surface area contributed by atoms with Crippen LogP contribution in [0, 0.1) is 5.92 Å². The molecule has 0 spiro atoms. The summed E-state index contributed by atoms with van der Waals surface area (Å²) in [5, 5.41) is 5.67. The minimum Gasteiger partial charge on any atom is -0.354 e. The zero-order valence-corrected chi connectivity index (χ0v) is 13.6. The average molecular weight is 322 g/mol. The summed E-state index contributed by atoms with van der Waals surface area (Å²) in [7, 11) is 0. The number of benzene rings is 2. The number of nitrogens with one attached hydrogen (secondary N) is 2. The van der Waals surface area contributed by atoms with E-state index in [2.05, 4.69) is 22.8 Å². The molecule has 1 aliphatic carbocycles. The van der Waals surface area contributed by atoms with Gasteiger partial charge in [-0.05, 0) is 29.5 Å². The Balaban J connectivity index is 1.42. The number of amides is 2. The fourth-order valence-electron chi connectivity index (χ4n) is 2.57. The molecule has 0 unspecified atom stereocenters. The second-order valence-corrected chi connectivity index (χ2v) is 6.15. The molecule has 124 valence electrons. The van der Waals surface area contributed by atoms with Crippen molar-refractivity contribution in [2.24, 2.45) is 5.92 Å². The third kappa shape index (κ3) is 4.69. The van der Waals surface area contributed by atoms with Crippen molar-refractivity contribution in [1.29, 1.82) is 0 Å². The largest absolute Gasteiger partial charge is 0.354 e. The summed E-state index contributed by atoms with van der Waals surface area (Å²) in [5.41, 5.74) is 3.29. The van der Waals surface area contributed by atoms with Crippen molar-refractivity contribution in [3.05, 3.63) is 60.2 Å². The molecule has 1 aliphatic rings. The van der Waals surface area contributed by atoms with E-state index in [9.17, 15) is 9.59 Å². The van der Waals surface area contributed by atoms with Gasteiger partial charge in [-0.25, -0.2) is 0 Å². The number of hydrogen-bond donors (Lipinski definition) is 2. The zero-order valence-electron chi connectivity index (χ0n) is 13.6. The van der Waals surface area contributed by atoms with Crippen LogP contribution in [-0.2, 0) is 16.0 Å². The molecule has 2 aromatic rings. The summed E-state index contributed by atoms with van der Waals surface area (Å²) in [4.78, 5) is 23.4. The lowest BCUT2D eigenvalue weighted by atomic mass is 10.0. The predicted molar refractivity (Wildman–Crippen MR) is 94.3 cm³/mol. The standard InChI is InChI=1S/C20H22N2O2/c23-19(21-12-13-22-20(24)18-10-11-18)14-15-6-8-17(9-7-15)16-4-2-1-3-5-16/h1-9,18H,10-14H2,(H,21,23)(H,22,24). The first kappa shape index (κ1) is 16.2. The molecule has 0 heterocycles. The molecule has 1 fully saturated rings. The Morgan fingerprint density at radius 2 is 1.46 bits per heavy atom. The van der Waals surface area contributed by atoms with Crippen molar-refractivity contribution >= 4 is 11.8 Å². The lowest BCUT2D eigenvalue weighted by Crippen LogP contribution is -2.35. The topological polar surface area (TPSA) is 58.2 Å². The molecule has 3 rings (SSSR count). The maximum Gasteiger partial charge on any atom is 0.224 e. The lowest BCUT2D eigenvalue weighted by molar-refractivity contribution is -0.123. The predicted octanol–water partition coefficient (Wildman–Crippen LogP) is 2.54. The van der Waals surface area contributed by atoms with Gasteiger partial charge in [0.05, 0.1) is 6.42 Å². The van der Waals surface area contributed by atoms with E-state index in [-0.39, 0.29) is 17.7 Å². The zero-order chi connectivity index (χ0) is 16.8. The molecule has 0 aromatic heterocycles. The molecular weight excluding hydrogens is 300 g/mol. The third-order valence-corrected chi connectivity index (χ3v) is 4.12. The Morgan fingerprint density at radius 3 is 2.12 bits per heavy atom. The van der Waals surface area contributed by atoms with Gasteiger partial charge in [0, 0.05) is 19.0 Å². The Bertz CT molecular complexity index is 691. The maximum atomic E-state index is 11.9. The molecule has 1 saturated carbocycles. The highest BCUT2D eigenvalue weighted by Crippen LogP contribution is 2.28. The van der Waals surface area contributed by atoms with E-state index >= 15 is 0 Å². The van der Waals surface area contributed by atoms with E-state index in [4.69, 9.17) is 0 Å². The van der Waals surface area contributed by atoms with Crippen molar-refractivity contribution < 1.29 is 9.59 Å². The molecule has 0 saturated heterocycles. The quantitative estimate of drug-likeness (QED) is 0.770. The first-order chi connectivity index (χ1) is 11.7. The van der Waals surface area contributed by atoms with Crippen LogP contribution in [0.4, 0.5) is 0 Å². The van der Waals surface area contributed by atoms with Crippen LogP contribution in [0.1, 0.15) is 18.4 Å². The summed E-state index contributed by atoms with van der Waals surface area (Å²) < 4.78 is 0. The molecule has 0 bridgehead atoms. The van der Waals surface area contributed by atoms with Crippen molar-refractivity contribution in [1.82, 2.24) is 10.6 Å². The molecule has 0 radical (unpaired) electrons. The Kier molecular flexibility index (Phi) is 5.26. The fraction of sp³-hybridized carbons (Fsp3) is 0.300. The van der Waals surface area contributed by atoms with Gasteiger partial charge in [0.1, 0.15) is 0 Å². The Labute approximate surface area is 142 Å². The van der Waals surface area contributed by atoms with Gasteiger partial charge >= 0.3 is 0 Å². The lowest BCUT2D eigenvalue weighted by Gasteiger charge is -2.07. The van der Waals surface area contributed by atoms with Gasteiger partial charge in [0.25, 0.3) is 0 Å². The minimum absolute atomic E-state index is 0.0249. The van der Waals surface area contributed by atoms with E-state index in [0.717, 1.165) is 24.0 Å². The highest BCUT2D eigenvalue weighted by molar-refractivity contribution is 5.81. The number of carbonyl (C=O) groups excluding carboxylic acids is 2. The molecule has 4 nitrogen and oxygen atoms in total. The van der Waals surface area contributed by atoms with Gasteiger partial charge in [0.2, 0.25) is 11.8 Å². The van der Waals surface area contributed by atoms with E-state index in [1.54, 1.807) is 0 Å². The van der Waals surface area contributed by atoms with Crippen LogP contribution in [0.15, 0.2) is 54.6 Å². The summed E-state index contributed by atoms with van der Waals surface area (Å²) in [6.45, 7) is 0.966. The third-order valence-electron chi connectivity index (χ3n) is 4.12. The monoisotopic (exact) mass is 322 g/mol. The van der Waals surface area contributed by atoms with E-state index in [1.165, 1.54) is 5.56 Å². The van der Waals surface area contributed by atoms with Crippen LogP contribution in [0.2, 0.25) is 0 Å². The molecule has 2 N–H and O–H groups in total. The second kappa shape index (κ2) is 7.77. The molecule has 0 atom stereocenters. The van der Waals surface area contributed by atoms with Crippen molar-refractivity contribution in [2.75, 3.05) is 13.1 Å². The Morgan fingerprint density at radius 1 is 0.833 bits per heavy atom. The molecule has 4 heteroatoms. The summed E-state index contributed by atoms with van der Waals surface area (Å²) in [5.74, 6) is 0.299. The van der Waals surface area contributed by atoms with Crippen LogP contribution in [0.5, 0.6) is 0 Å². The first-order valence-corrected chi connectivity index (χ1v) is 8.41. The van der Waals surface area contributed by atoms with Gasteiger partial charge in [0.15, 0.2) is 0 Å². The summed E-state index contributed by atoms with van der Waals surface area (Å²) in [6.07, 6.45) is 2.35.